The van der Waals surface area contributed by atoms with Crippen molar-refractivity contribution in [1.82, 2.24) is 5.32 Å². The van der Waals surface area contributed by atoms with Crippen molar-refractivity contribution >= 4 is 17.5 Å². The maximum absolute atomic E-state index is 13.6. The Hall–Kier alpha value is -4.78. The van der Waals surface area contributed by atoms with Crippen LogP contribution in [-0.4, -0.2) is 22.8 Å². The van der Waals surface area contributed by atoms with Gasteiger partial charge in [0.1, 0.15) is 6.04 Å². The second-order valence-electron chi connectivity index (χ2n) is 8.83. The molecule has 0 saturated heterocycles. The van der Waals surface area contributed by atoms with Crippen molar-refractivity contribution in [1.29, 1.82) is 0 Å². The van der Waals surface area contributed by atoms with Crippen LogP contribution < -0.4 is 11.1 Å². The quantitative estimate of drug-likeness (QED) is 0.192. The maximum atomic E-state index is 13.6. The third kappa shape index (κ3) is 5.73. The van der Waals surface area contributed by atoms with Crippen molar-refractivity contribution in [3.8, 4) is 0 Å². The van der Waals surface area contributed by atoms with Gasteiger partial charge in [-0.2, -0.15) is 0 Å². The third-order valence-corrected chi connectivity index (χ3v) is 6.49. The molecule has 0 heterocycles. The predicted octanol–water partition coefficient (Wildman–Crippen LogP) is 4.53. The molecule has 4 aromatic rings. The van der Waals surface area contributed by atoms with Gasteiger partial charge in [-0.25, -0.2) is 0 Å². The molecule has 1 atom stereocenters. The van der Waals surface area contributed by atoms with Crippen LogP contribution in [0.1, 0.15) is 28.7 Å². The Morgan fingerprint density at radius 3 is 1.57 bits per heavy atom. The van der Waals surface area contributed by atoms with Gasteiger partial charge in [-0.05, 0) is 22.3 Å². The Bertz CT molecular complexity index is 1260. The van der Waals surface area contributed by atoms with E-state index in [9.17, 15) is 19.7 Å². The molecule has 4 rings (SSSR count). The fourth-order valence-electron chi connectivity index (χ4n) is 4.67. The second kappa shape index (κ2) is 11.3. The zero-order chi connectivity index (χ0) is 26.3. The molecule has 0 fully saturated rings. The Balaban J connectivity index is 1.68. The summed E-state index contributed by atoms with van der Waals surface area (Å²) in [5.41, 5.74) is 8.24. The molecule has 4 aromatic carbocycles. The summed E-state index contributed by atoms with van der Waals surface area (Å²) >= 11 is 0. The highest BCUT2D eigenvalue weighted by atomic mass is 16.6. The lowest BCUT2D eigenvalue weighted by atomic mass is 9.67. The van der Waals surface area contributed by atoms with E-state index >= 15 is 0 Å². The first-order valence-electron chi connectivity index (χ1n) is 11.9. The number of amides is 2. The van der Waals surface area contributed by atoms with Gasteiger partial charge in [0.25, 0.3) is 5.69 Å². The van der Waals surface area contributed by atoms with Gasteiger partial charge in [0.05, 0.1) is 10.3 Å². The van der Waals surface area contributed by atoms with E-state index in [0.29, 0.717) is 5.56 Å². The fourth-order valence-corrected chi connectivity index (χ4v) is 4.67. The van der Waals surface area contributed by atoms with Crippen LogP contribution in [0.15, 0.2) is 115 Å². The first-order chi connectivity index (χ1) is 17.9. The molecule has 0 saturated carbocycles. The summed E-state index contributed by atoms with van der Waals surface area (Å²) in [5, 5.41) is 13.8. The van der Waals surface area contributed by atoms with Crippen LogP contribution in [0.5, 0.6) is 0 Å². The summed E-state index contributed by atoms with van der Waals surface area (Å²) in [7, 11) is 0. The number of nitro benzene ring substituents is 1. The minimum Gasteiger partial charge on any atom is -0.368 e. The molecule has 0 aliphatic rings. The van der Waals surface area contributed by atoms with Crippen LogP contribution >= 0.6 is 0 Å². The van der Waals surface area contributed by atoms with E-state index in [0.717, 1.165) is 16.7 Å². The fraction of sp³-hybridized carbons (Fsp3) is 0.133. The second-order valence-corrected chi connectivity index (χ2v) is 8.83. The van der Waals surface area contributed by atoms with Crippen LogP contribution in [0.3, 0.4) is 0 Å². The average Bonchev–Trinajstić information content (AvgIpc) is 2.93. The Morgan fingerprint density at radius 1 is 0.757 bits per heavy atom. The van der Waals surface area contributed by atoms with E-state index in [4.69, 9.17) is 5.73 Å². The number of carbonyl (C=O) groups excluding carboxylic acids is 2. The number of non-ortho nitro benzene ring substituents is 1. The number of primary amides is 1. The number of hydrogen-bond acceptors (Lipinski definition) is 4. The monoisotopic (exact) mass is 493 g/mol. The van der Waals surface area contributed by atoms with Gasteiger partial charge in [-0.15, -0.1) is 0 Å². The van der Waals surface area contributed by atoms with E-state index < -0.39 is 22.3 Å². The van der Waals surface area contributed by atoms with Crippen molar-refractivity contribution in [2.45, 2.75) is 24.3 Å². The topological polar surface area (TPSA) is 115 Å². The number of nitrogens with zero attached hydrogens (tertiary/aromatic N) is 1. The molecule has 0 aliphatic carbocycles. The lowest BCUT2D eigenvalue weighted by Gasteiger charge is -2.36. The number of nitrogens with one attached hydrogen (secondary N) is 1. The number of rotatable bonds is 10. The van der Waals surface area contributed by atoms with Crippen LogP contribution in [0, 0.1) is 10.1 Å². The van der Waals surface area contributed by atoms with Gasteiger partial charge < -0.3 is 11.1 Å². The van der Waals surface area contributed by atoms with Gasteiger partial charge in [0, 0.05) is 25.0 Å². The standard InChI is InChI=1S/C30H27N3O4/c31-29(35)27(20-22-16-18-26(19-17-22)33(36)37)32-28(34)21-30(23-10-4-1-5-11-23,24-12-6-2-7-13-24)25-14-8-3-9-15-25/h1-19,27H,20-21H2,(H2,31,35)(H,32,34)/t27-/m1/s1. The molecule has 2 amide bonds. The first kappa shape index (κ1) is 25.3. The van der Waals surface area contributed by atoms with Crippen molar-refractivity contribution in [3.05, 3.63) is 148 Å². The summed E-state index contributed by atoms with van der Waals surface area (Å²) in [6.07, 6.45) is 0.156. The molecule has 186 valence electrons. The lowest BCUT2D eigenvalue weighted by Crippen LogP contribution is -2.48. The first-order valence-corrected chi connectivity index (χ1v) is 11.9. The van der Waals surface area contributed by atoms with E-state index in [1.165, 1.54) is 12.1 Å². The number of nitrogens with two attached hydrogens (primary N) is 1. The third-order valence-electron chi connectivity index (χ3n) is 6.49. The molecule has 0 bridgehead atoms. The van der Waals surface area contributed by atoms with Gasteiger partial charge in [-0.3, -0.25) is 19.7 Å². The molecule has 7 nitrogen and oxygen atoms in total. The lowest BCUT2D eigenvalue weighted by molar-refractivity contribution is -0.384. The normalized spacial score (nSPS) is 11.9. The molecule has 0 unspecified atom stereocenters. The minimum absolute atomic E-state index is 0.0368. The summed E-state index contributed by atoms with van der Waals surface area (Å²) in [6, 6.07) is 34.3. The number of benzene rings is 4. The molecule has 3 N–H and O–H groups in total. The molecular weight excluding hydrogens is 466 g/mol. The van der Waals surface area contributed by atoms with Crippen molar-refractivity contribution < 1.29 is 14.5 Å². The van der Waals surface area contributed by atoms with Crippen LogP contribution in [-0.2, 0) is 21.4 Å². The van der Waals surface area contributed by atoms with E-state index in [2.05, 4.69) is 5.32 Å². The largest absolute Gasteiger partial charge is 0.368 e. The zero-order valence-corrected chi connectivity index (χ0v) is 20.1. The Labute approximate surface area is 215 Å². The predicted molar refractivity (Wildman–Crippen MR) is 142 cm³/mol. The molecule has 7 heteroatoms. The SMILES string of the molecule is NC(=O)[C@@H](Cc1ccc([N+](=O)[O-])cc1)NC(=O)CC(c1ccccc1)(c1ccccc1)c1ccccc1. The van der Waals surface area contributed by atoms with Crippen molar-refractivity contribution in [2.24, 2.45) is 5.73 Å². The van der Waals surface area contributed by atoms with E-state index in [1.54, 1.807) is 12.1 Å². The highest BCUT2D eigenvalue weighted by Gasteiger charge is 2.39. The summed E-state index contributed by atoms with van der Waals surface area (Å²) in [5.74, 6) is -1.03. The van der Waals surface area contributed by atoms with Crippen LogP contribution in [0.25, 0.3) is 0 Å². The maximum Gasteiger partial charge on any atom is 0.269 e. The number of hydrogen-bond donors (Lipinski definition) is 2. The van der Waals surface area contributed by atoms with Crippen LogP contribution in [0.2, 0.25) is 0 Å². The van der Waals surface area contributed by atoms with E-state index in [-0.39, 0.29) is 24.4 Å². The van der Waals surface area contributed by atoms with Crippen molar-refractivity contribution in [2.75, 3.05) is 0 Å². The summed E-state index contributed by atoms with van der Waals surface area (Å²) in [6.45, 7) is 0. The number of nitro groups is 1. The van der Waals surface area contributed by atoms with Crippen LogP contribution in [0.4, 0.5) is 5.69 Å². The molecule has 0 spiro atoms. The smallest absolute Gasteiger partial charge is 0.269 e. The minimum atomic E-state index is -0.978. The Morgan fingerprint density at radius 2 is 1.19 bits per heavy atom. The summed E-state index contributed by atoms with van der Waals surface area (Å²) in [4.78, 5) is 36.4. The average molecular weight is 494 g/mol. The molecule has 0 aromatic heterocycles. The number of carbonyl (C=O) groups is 2. The van der Waals surface area contributed by atoms with Gasteiger partial charge in [0.15, 0.2) is 0 Å². The van der Waals surface area contributed by atoms with Gasteiger partial charge >= 0.3 is 0 Å². The molecule has 37 heavy (non-hydrogen) atoms. The van der Waals surface area contributed by atoms with Crippen molar-refractivity contribution in [3.63, 3.8) is 0 Å². The zero-order valence-electron chi connectivity index (χ0n) is 20.1. The summed E-state index contributed by atoms with van der Waals surface area (Å²) < 4.78 is 0. The highest BCUT2D eigenvalue weighted by Crippen LogP contribution is 2.42. The molecular formula is C30H27N3O4. The molecule has 0 aliphatic heterocycles. The van der Waals surface area contributed by atoms with Gasteiger partial charge in [0.2, 0.25) is 11.8 Å². The van der Waals surface area contributed by atoms with E-state index in [1.807, 2.05) is 91.0 Å². The van der Waals surface area contributed by atoms with Gasteiger partial charge in [-0.1, -0.05) is 103 Å². The molecule has 0 radical (unpaired) electrons. The highest BCUT2D eigenvalue weighted by molar-refractivity contribution is 5.88. The Kier molecular flexibility index (Phi) is 7.74.